The van der Waals surface area contributed by atoms with Crippen LogP contribution < -0.4 is 0 Å². The predicted octanol–water partition coefficient (Wildman–Crippen LogP) is 1.32. The van der Waals surface area contributed by atoms with Crippen LogP contribution in [0.25, 0.3) is 0 Å². The molecule has 2 aliphatic rings. The Bertz CT molecular complexity index is 472. The number of nitrogens with one attached hydrogen (secondary N) is 1. The third-order valence-electron chi connectivity index (χ3n) is 4.67. The van der Waals surface area contributed by atoms with Crippen molar-refractivity contribution in [3.8, 4) is 0 Å². The van der Waals surface area contributed by atoms with Gasteiger partial charge in [0.05, 0.1) is 0 Å². The van der Waals surface area contributed by atoms with Crippen LogP contribution in [-0.2, 0) is 6.42 Å². The van der Waals surface area contributed by atoms with Crippen molar-refractivity contribution in [2.24, 2.45) is 5.92 Å². The number of nitrogens with zero attached hydrogens (tertiary/aromatic N) is 4. The molecule has 0 saturated carbocycles. The van der Waals surface area contributed by atoms with Crippen molar-refractivity contribution in [3.63, 3.8) is 0 Å². The average molecular weight is 291 g/mol. The Morgan fingerprint density at radius 1 is 1.24 bits per heavy atom. The van der Waals surface area contributed by atoms with Gasteiger partial charge in [-0.15, -0.1) is 5.10 Å². The van der Waals surface area contributed by atoms with Crippen molar-refractivity contribution in [3.05, 3.63) is 11.6 Å². The fourth-order valence-corrected chi connectivity index (χ4v) is 3.34. The second kappa shape index (κ2) is 6.56. The van der Waals surface area contributed by atoms with Crippen LogP contribution in [0.4, 0.5) is 0 Å². The quantitative estimate of drug-likeness (QED) is 0.908. The molecule has 1 aromatic heterocycles. The van der Waals surface area contributed by atoms with Crippen LogP contribution in [-0.4, -0.2) is 63.6 Å². The molecule has 1 N–H and O–H groups in total. The van der Waals surface area contributed by atoms with Gasteiger partial charge in [0.1, 0.15) is 5.82 Å². The molecule has 2 saturated heterocycles. The molecule has 1 aromatic rings. The first-order valence-electron chi connectivity index (χ1n) is 8.19. The molecule has 0 atom stereocenters. The molecular formula is C15H25N5O. The van der Waals surface area contributed by atoms with Crippen molar-refractivity contribution in [1.29, 1.82) is 0 Å². The zero-order valence-corrected chi connectivity index (χ0v) is 12.8. The third kappa shape index (κ3) is 3.43. The first-order chi connectivity index (χ1) is 10.3. The molecule has 1 amide bonds. The summed E-state index contributed by atoms with van der Waals surface area (Å²) in [6.07, 6.45) is 5.68. The van der Waals surface area contributed by atoms with E-state index in [2.05, 4.69) is 20.1 Å². The molecule has 2 fully saturated rings. The maximum absolute atomic E-state index is 12.4. The van der Waals surface area contributed by atoms with Gasteiger partial charge in [-0.2, -0.15) is 0 Å². The average Bonchev–Trinajstić information content (AvgIpc) is 3.18. The number of rotatable bonds is 4. The lowest BCUT2D eigenvalue weighted by molar-refractivity contribution is 0.0661. The van der Waals surface area contributed by atoms with Crippen molar-refractivity contribution < 1.29 is 4.79 Å². The van der Waals surface area contributed by atoms with Gasteiger partial charge in [-0.1, -0.05) is 6.92 Å². The zero-order chi connectivity index (χ0) is 14.7. The molecule has 0 unspecified atom stereocenters. The van der Waals surface area contributed by atoms with Crippen LogP contribution in [0.3, 0.4) is 0 Å². The molecule has 0 spiro atoms. The van der Waals surface area contributed by atoms with Crippen molar-refractivity contribution in [2.45, 2.75) is 39.0 Å². The van der Waals surface area contributed by atoms with Crippen molar-refractivity contribution in [1.82, 2.24) is 25.0 Å². The maximum Gasteiger partial charge on any atom is 0.293 e. The highest BCUT2D eigenvalue weighted by Crippen LogP contribution is 2.21. The number of piperidine rings is 1. The number of aryl methyl sites for hydroxylation is 1. The van der Waals surface area contributed by atoms with Gasteiger partial charge in [-0.3, -0.25) is 9.89 Å². The van der Waals surface area contributed by atoms with E-state index in [-0.39, 0.29) is 5.91 Å². The number of carbonyl (C=O) groups excluding carboxylic acids is 1. The highest BCUT2D eigenvalue weighted by atomic mass is 16.2. The molecular weight excluding hydrogens is 266 g/mol. The molecule has 3 heterocycles. The van der Waals surface area contributed by atoms with Crippen LogP contribution in [0.1, 0.15) is 49.1 Å². The van der Waals surface area contributed by atoms with E-state index >= 15 is 0 Å². The van der Waals surface area contributed by atoms with Gasteiger partial charge in [-0.25, -0.2) is 4.98 Å². The number of carbonyl (C=O) groups is 1. The number of likely N-dealkylation sites (tertiary alicyclic amines) is 2. The van der Waals surface area contributed by atoms with E-state index in [0.717, 1.165) is 44.1 Å². The summed E-state index contributed by atoms with van der Waals surface area (Å²) in [5.74, 6) is 1.82. The second-order valence-corrected chi connectivity index (χ2v) is 6.20. The molecule has 0 aromatic carbocycles. The maximum atomic E-state index is 12.4. The van der Waals surface area contributed by atoms with E-state index in [9.17, 15) is 4.79 Å². The molecule has 2 aliphatic heterocycles. The number of aromatic nitrogens is 3. The molecule has 3 rings (SSSR count). The Morgan fingerprint density at radius 2 is 1.95 bits per heavy atom. The number of aromatic amines is 1. The lowest BCUT2D eigenvalue weighted by atomic mass is 9.96. The van der Waals surface area contributed by atoms with E-state index in [0.29, 0.717) is 5.82 Å². The molecule has 0 radical (unpaired) electrons. The molecule has 6 heteroatoms. The molecule has 21 heavy (non-hydrogen) atoms. The van der Waals surface area contributed by atoms with Crippen LogP contribution >= 0.6 is 0 Å². The Labute approximate surface area is 125 Å². The van der Waals surface area contributed by atoms with Crippen LogP contribution in [0.15, 0.2) is 0 Å². The van der Waals surface area contributed by atoms with Crippen molar-refractivity contribution >= 4 is 5.91 Å². The normalized spacial score (nSPS) is 21.1. The van der Waals surface area contributed by atoms with E-state index in [1.165, 1.54) is 32.5 Å². The Balaban J connectivity index is 1.49. The smallest absolute Gasteiger partial charge is 0.293 e. The van der Waals surface area contributed by atoms with E-state index in [1.807, 2.05) is 11.8 Å². The van der Waals surface area contributed by atoms with E-state index in [1.54, 1.807) is 0 Å². The topological polar surface area (TPSA) is 65.1 Å². The molecule has 6 nitrogen and oxygen atoms in total. The monoisotopic (exact) mass is 291 g/mol. The fourth-order valence-electron chi connectivity index (χ4n) is 3.34. The number of H-pyrrole nitrogens is 1. The SMILES string of the molecule is CCc1nc(C(=O)N2CCC(CN3CCCC3)CC2)n[nH]1. The summed E-state index contributed by atoms with van der Waals surface area (Å²) in [5, 5.41) is 6.85. The second-order valence-electron chi connectivity index (χ2n) is 6.20. The largest absolute Gasteiger partial charge is 0.336 e. The summed E-state index contributed by atoms with van der Waals surface area (Å²) in [4.78, 5) is 21.1. The zero-order valence-electron chi connectivity index (χ0n) is 12.8. The molecule has 116 valence electrons. The summed E-state index contributed by atoms with van der Waals surface area (Å²) in [7, 11) is 0. The highest BCUT2D eigenvalue weighted by Gasteiger charge is 2.27. The molecule has 0 aliphatic carbocycles. The number of hydrogen-bond acceptors (Lipinski definition) is 4. The van der Waals surface area contributed by atoms with Crippen LogP contribution in [0, 0.1) is 5.92 Å². The van der Waals surface area contributed by atoms with Gasteiger partial charge < -0.3 is 9.80 Å². The lowest BCUT2D eigenvalue weighted by Gasteiger charge is -2.33. The lowest BCUT2D eigenvalue weighted by Crippen LogP contribution is -2.41. The van der Waals surface area contributed by atoms with E-state index in [4.69, 9.17) is 0 Å². The summed E-state index contributed by atoms with van der Waals surface area (Å²) < 4.78 is 0. The number of amides is 1. The summed E-state index contributed by atoms with van der Waals surface area (Å²) in [6, 6.07) is 0. The minimum absolute atomic E-state index is 0.0226. The van der Waals surface area contributed by atoms with Gasteiger partial charge in [0.2, 0.25) is 5.82 Å². The standard InChI is InChI=1S/C15H25N5O/c1-2-13-16-14(18-17-13)15(21)20-9-5-12(6-10-20)11-19-7-3-4-8-19/h12H,2-11H2,1H3,(H,16,17,18). The van der Waals surface area contributed by atoms with Gasteiger partial charge >= 0.3 is 0 Å². The Hall–Kier alpha value is -1.43. The predicted molar refractivity (Wildman–Crippen MR) is 80.1 cm³/mol. The van der Waals surface area contributed by atoms with Gasteiger partial charge in [0.15, 0.2) is 0 Å². The van der Waals surface area contributed by atoms with Gasteiger partial charge in [-0.05, 0) is 44.7 Å². The Kier molecular flexibility index (Phi) is 4.53. The van der Waals surface area contributed by atoms with Gasteiger partial charge in [0.25, 0.3) is 5.91 Å². The first kappa shape index (κ1) is 14.5. The fraction of sp³-hybridized carbons (Fsp3) is 0.800. The minimum Gasteiger partial charge on any atom is -0.336 e. The minimum atomic E-state index is -0.0226. The van der Waals surface area contributed by atoms with E-state index < -0.39 is 0 Å². The van der Waals surface area contributed by atoms with Crippen molar-refractivity contribution in [2.75, 3.05) is 32.7 Å². The summed E-state index contributed by atoms with van der Waals surface area (Å²) in [6.45, 7) is 7.41. The van der Waals surface area contributed by atoms with Crippen LogP contribution in [0.2, 0.25) is 0 Å². The number of hydrogen-bond donors (Lipinski definition) is 1. The molecule has 0 bridgehead atoms. The first-order valence-corrected chi connectivity index (χ1v) is 8.19. The summed E-state index contributed by atoms with van der Waals surface area (Å²) in [5.41, 5.74) is 0. The van der Waals surface area contributed by atoms with Crippen LogP contribution in [0.5, 0.6) is 0 Å². The van der Waals surface area contributed by atoms with Gasteiger partial charge in [0, 0.05) is 26.1 Å². The highest BCUT2D eigenvalue weighted by molar-refractivity contribution is 5.90. The third-order valence-corrected chi connectivity index (χ3v) is 4.67. The summed E-state index contributed by atoms with van der Waals surface area (Å²) >= 11 is 0. The Morgan fingerprint density at radius 3 is 2.57 bits per heavy atom.